The number of aromatic nitrogens is 1. The predicted molar refractivity (Wildman–Crippen MR) is 117 cm³/mol. The first kappa shape index (κ1) is 19.9. The van der Waals surface area contributed by atoms with Gasteiger partial charge in [-0.3, -0.25) is 9.59 Å². The average Bonchev–Trinajstić information content (AvgIpc) is 2.78. The van der Waals surface area contributed by atoms with Crippen molar-refractivity contribution in [2.24, 2.45) is 0 Å². The fourth-order valence-electron chi connectivity index (χ4n) is 3.41. The Morgan fingerprint density at radius 1 is 0.871 bits per heavy atom. The fraction of sp³-hybridized carbons (Fsp3) is 0.0417. The van der Waals surface area contributed by atoms with Gasteiger partial charge in [-0.15, -0.1) is 0 Å². The largest absolute Gasteiger partial charge is 0.506 e. The van der Waals surface area contributed by atoms with Gasteiger partial charge in [-0.1, -0.05) is 42.5 Å². The number of hydrogen-bond acceptors (Lipinski definition) is 4. The molecular formula is C24H18N2O5. The number of pyridine rings is 1. The number of carboxylic acids is 1. The standard InChI is InChI=1S/C24H18N2O5/c27-21-18-8-4-5-9-19(18)26(14-15-6-2-1-3-7-15)23(29)20(21)22(28)25-17-12-10-16(11-13-17)24(30)31/h1-13,27H,14H2,(H,25,28)(H,30,31). The van der Waals surface area contributed by atoms with Crippen molar-refractivity contribution in [1.29, 1.82) is 0 Å². The van der Waals surface area contributed by atoms with Gasteiger partial charge >= 0.3 is 5.97 Å². The first-order chi connectivity index (χ1) is 15.0. The van der Waals surface area contributed by atoms with E-state index in [9.17, 15) is 19.5 Å². The summed E-state index contributed by atoms with van der Waals surface area (Å²) in [5.41, 5.74) is 0.747. The van der Waals surface area contributed by atoms with Crippen LogP contribution in [0.5, 0.6) is 5.75 Å². The van der Waals surface area contributed by atoms with E-state index in [4.69, 9.17) is 5.11 Å². The molecule has 0 aliphatic heterocycles. The van der Waals surface area contributed by atoms with Gasteiger partial charge in [-0.25, -0.2) is 4.79 Å². The second-order valence-electron chi connectivity index (χ2n) is 6.95. The summed E-state index contributed by atoms with van der Waals surface area (Å²) in [5, 5.41) is 22.7. The molecule has 0 unspecified atom stereocenters. The minimum absolute atomic E-state index is 0.0665. The third kappa shape index (κ3) is 3.89. The third-order valence-electron chi connectivity index (χ3n) is 4.95. The Balaban J connectivity index is 1.79. The monoisotopic (exact) mass is 414 g/mol. The fourth-order valence-corrected chi connectivity index (χ4v) is 3.41. The summed E-state index contributed by atoms with van der Waals surface area (Å²) in [6.45, 7) is 0.230. The lowest BCUT2D eigenvalue weighted by Gasteiger charge is -2.15. The van der Waals surface area contributed by atoms with Gasteiger partial charge in [0.15, 0.2) is 0 Å². The Kier molecular flexibility index (Phi) is 5.24. The molecule has 0 aliphatic rings. The number of nitrogens with zero attached hydrogens (tertiary/aromatic N) is 1. The number of rotatable bonds is 5. The van der Waals surface area contributed by atoms with Crippen molar-refractivity contribution in [3.05, 3.63) is 106 Å². The van der Waals surface area contributed by atoms with Crippen LogP contribution in [0, 0.1) is 0 Å². The summed E-state index contributed by atoms with van der Waals surface area (Å²) < 4.78 is 1.45. The van der Waals surface area contributed by atoms with Crippen LogP contribution in [-0.4, -0.2) is 26.7 Å². The van der Waals surface area contributed by atoms with Crippen LogP contribution < -0.4 is 10.9 Å². The van der Waals surface area contributed by atoms with Crippen molar-refractivity contribution in [2.45, 2.75) is 6.54 Å². The first-order valence-electron chi connectivity index (χ1n) is 9.49. The topological polar surface area (TPSA) is 109 Å². The highest BCUT2D eigenvalue weighted by atomic mass is 16.4. The molecule has 7 heteroatoms. The molecule has 4 rings (SSSR count). The second-order valence-corrected chi connectivity index (χ2v) is 6.95. The van der Waals surface area contributed by atoms with Gasteiger partial charge in [-0.05, 0) is 42.0 Å². The number of carboxylic acid groups (broad SMARTS) is 1. The number of fused-ring (bicyclic) bond motifs is 1. The molecule has 0 saturated heterocycles. The smallest absolute Gasteiger partial charge is 0.335 e. The van der Waals surface area contributed by atoms with E-state index in [0.29, 0.717) is 16.6 Å². The highest BCUT2D eigenvalue weighted by molar-refractivity contribution is 6.09. The minimum Gasteiger partial charge on any atom is -0.506 e. The molecule has 0 spiro atoms. The van der Waals surface area contributed by atoms with Crippen molar-refractivity contribution in [3.63, 3.8) is 0 Å². The summed E-state index contributed by atoms with van der Waals surface area (Å²) in [7, 11) is 0. The third-order valence-corrected chi connectivity index (χ3v) is 4.95. The zero-order valence-electron chi connectivity index (χ0n) is 16.3. The van der Waals surface area contributed by atoms with Gasteiger partial charge in [0.1, 0.15) is 11.3 Å². The van der Waals surface area contributed by atoms with E-state index in [0.717, 1.165) is 5.56 Å². The number of hydrogen-bond donors (Lipinski definition) is 3. The minimum atomic E-state index is -1.09. The lowest BCUT2D eigenvalue weighted by molar-refractivity contribution is 0.0696. The van der Waals surface area contributed by atoms with Crippen molar-refractivity contribution >= 4 is 28.5 Å². The Morgan fingerprint density at radius 3 is 2.19 bits per heavy atom. The molecule has 0 saturated carbocycles. The molecule has 7 nitrogen and oxygen atoms in total. The number of anilines is 1. The number of carbonyl (C=O) groups is 2. The van der Waals surface area contributed by atoms with Gasteiger partial charge in [0.05, 0.1) is 17.6 Å². The van der Waals surface area contributed by atoms with Crippen LogP contribution in [0.4, 0.5) is 5.69 Å². The Morgan fingerprint density at radius 2 is 1.52 bits per heavy atom. The lowest BCUT2D eigenvalue weighted by atomic mass is 10.1. The van der Waals surface area contributed by atoms with E-state index in [1.165, 1.54) is 28.8 Å². The highest BCUT2D eigenvalue weighted by Crippen LogP contribution is 2.27. The second kappa shape index (κ2) is 8.16. The molecule has 0 fully saturated rings. The van der Waals surface area contributed by atoms with Crippen molar-refractivity contribution < 1.29 is 19.8 Å². The van der Waals surface area contributed by atoms with Crippen molar-refractivity contribution in [2.75, 3.05) is 5.32 Å². The van der Waals surface area contributed by atoms with Gasteiger partial charge < -0.3 is 20.1 Å². The van der Waals surface area contributed by atoms with Crippen LogP contribution >= 0.6 is 0 Å². The summed E-state index contributed by atoms with van der Waals surface area (Å²) in [4.78, 5) is 37.2. The highest BCUT2D eigenvalue weighted by Gasteiger charge is 2.22. The molecule has 31 heavy (non-hydrogen) atoms. The molecule has 154 valence electrons. The molecule has 1 aromatic heterocycles. The molecular weight excluding hydrogens is 396 g/mol. The number of benzene rings is 3. The van der Waals surface area contributed by atoms with Crippen LogP contribution in [0.1, 0.15) is 26.3 Å². The normalized spacial score (nSPS) is 10.7. The summed E-state index contributed by atoms with van der Waals surface area (Å²) in [6, 6.07) is 21.7. The lowest BCUT2D eigenvalue weighted by Crippen LogP contribution is -2.30. The number of amides is 1. The summed E-state index contributed by atoms with van der Waals surface area (Å²) >= 11 is 0. The quantitative estimate of drug-likeness (QED) is 0.461. The molecule has 4 aromatic rings. The molecule has 3 aromatic carbocycles. The average molecular weight is 414 g/mol. The molecule has 3 N–H and O–H groups in total. The molecule has 0 radical (unpaired) electrons. The molecule has 1 heterocycles. The maximum Gasteiger partial charge on any atom is 0.335 e. The summed E-state index contributed by atoms with van der Waals surface area (Å²) in [6.07, 6.45) is 0. The van der Waals surface area contributed by atoms with Crippen LogP contribution in [0.3, 0.4) is 0 Å². The van der Waals surface area contributed by atoms with E-state index in [1.807, 2.05) is 30.3 Å². The van der Waals surface area contributed by atoms with E-state index in [-0.39, 0.29) is 17.7 Å². The van der Waals surface area contributed by atoms with Gasteiger partial charge in [0.25, 0.3) is 11.5 Å². The van der Waals surface area contributed by atoms with Gasteiger partial charge in [0, 0.05) is 11.1 Å². The van der Waals surface area contributed by atoms with Crippen LogP contribution in [-0.2, 0) is 6.54 Å². The Labute approximate surface area is 176 Å². The first-order valence-corrected chi connectivity index (χ1v) is 9.49. The zero-order valence-corrected chi connectivity index (χ0v) is 16.3. The zero-order chi connectivity index (χ0) is 22.0. The maximum atomic E-state index is 13.2. The van der Waals surface area contributed by atoms with Crippen LogP contribution in [0.25, 0.3) is 10.9 Å². The van der Waals surface area contributed by atoms with E-state index < -0.39 is 23.2 Å². The van der Waals surface area contributed by atoms with Gasteiger partial charge in [-0.2, -0.15) is 0 Å². The van der Waals surface area contributed by atoms with E-state index >= 15 is 0 Å². The van der Waals surface area contributed by atoms with Crippen LogP contribution in [0.2, 0.25) is 0 Å². The molecule has 1 amide bonds. The summed E-state index contributed by atoms with van der Waals surface area (Å²) in [5.74, 6) is -2.27. The number of para-hydroxylation sites is 1. The van der Waals surface area contributed by atoms with Crippen LogP contribution in [0.15, 0.2) is 83.7 Å². The molecule has 0 atom stereocenters. The molecule has 0 aliphatic carbocycles. The molecule has 0 bridgehead atoms. The number of carbonyl (C=O) groups excluding carboxylic acids is 1. The SMILES string of the molecule is O=C(O)c1ccc(NC(=O)c2c(O)c3ccccc3n(Cc3ccccc3)c2=O)cc1. The predicted octanol–water partition coefficient (Wildman–Crippen LogP) is 3.71. The number of aromatic carboxylic acids is 1. The Hall–Kier alpha value is -4.39. The van der Waals surface area contributed by atoms with Gasteiger partial charge in [0.2, 0.25) is 0 Å². The van der Waals surface area contributed by atoms with Crippen molar-refractivity contribution in [3.8, 4) is 5.75 Å². The maximum absolute atomic E-state index is 13.2. The van der Waals surface area contributed by atoms with E-state index in [1.54, 1.807) is 24.3 Å². The van der Waals surface area contributed by atoms with Crippen molar-refractivity contribution in [1.82, 2.24) is 4.57 Å². The number of aromatic hydroxyl groups is 1. The number of nitrogens with one attached hydrogen (secondary N) is 1. The Bertz CT molecular complexity index is 1340. The van der Waals surface area contributed by atoms with E-state index in [2.05, 4.69) is 5.32 Å².